The van der Waals surface area contributed by atoms with E-state index in [4.69, 9.17) is 11.6 Å². The molecule has 4 rings (SSSR count). The predicted molar refractivity (Wildman–Crippen MR) is 114 cm³/mol. The maximum absolute atomic E-state index is 6.08. The molecule has 0 radical (unpaired) electrons. The molecule has 0 spiro atoms. The van der Waals surface area contributed by atoms with Gasteiger partial charge in [-0.3, -0.25) is 0 Å². The highest BCUT2D eigenvalue weighted by Gasteiger charge is 2.23. The first-order chi connectivity index (χ1) is 12.6. The number of rotatable bonds is 2. The minimum Gasteiger partial charge on any atom is -0.302 e. The lowest BCUT2D eigenvalue weighted by atomic mass is 9.86. The molecule has 0 saturated carbocycles. The molecule has 27 heavy (non-hydrogen) atoms. The second-order valence-corrected chi connectivity index (χ2v) is 7.54. The first kappa shape index (κ1) is 19.8. The lowest BCUT2D eigenvalue weighted by molar-refractivity contribution is 0.328. The van der Waals surface area contributed by atoms with Crippen molar-refractivity contribution in [1.82, 2.24) is 15.1 Å². The summed E-state index contributed by atoms with van der Waals surface area (Å²) in [7, 11) is 2.19. The van der Waals surface area contributed by atoms with Gasteiger partial charge in [0.05, 0.1) is 11.4 Å². The Hall–Kier alpha value is -1.94. The van der Waals surface area contributed by atoms with E-state index < -0.39 is 0 Å². The number of benzene rings is 2. The second kappa shape index (κ2) is 8.39. The molecule has 2 aromatic carbocycles. The van der Waals surface area contributed by atoms with Gasteiger partial charge in [0.1, 0.15) is 0 Å². The van der Waals surface area contributed by atoms with Crippen molar-refractivity contribution < 1.29 is 0 Å². The van der Waals surface area contributed by atoms with E-state index in [1.54, 1.807) is 0 Å². The monoisotopic (exact) mass is 399 g/mol. The standard InChI is InChI=1S/C22H22ClN3.ClH/c1-15-3-10-22(25-24-15)17-6-9-20-18(13-17)14-26(2)12-11-21(20)16-4-7-19(23)8-5-16;/h3-10,13,21H,11-12,14H2,1-2H3;1H. The molecule has 0 saturated heterocycles. The van der Waals surface area contributed by atoms with Crippen LogP contribution in [0.5, 0.6) is 0 Å². The fraction of sp³-hybridized carbons (Fsp3) is 0.273. The van der Waals surface area contributed by atoms with Gasteiger partial charge in [-0.05, 0) is 74.0 Å². The molecule has 1 atom stereocenters. The van der Waals surface area contributed by atoms with Crippen LogP contribution in [0.15, 0.2) is 54.6 Å². The van der Waals surface area contributed by atoms with Gasteiger partial charge in [-0.1, -0.05) is 35.9 Å². The predicted octanol–water partition coefficient (Wildman–Crippen LogP) is 5.49. The van der Waals surface area contributed by atoms with Gasteiger partial charge < -0.3 is 4.90 Å². The summed E-state index contributed by atoms with van der Waals surface area (Å²) in [5.41, 5.74) is 7.08. The number of hydrogen-bond donors (Lipinski definition) is 0. The zero-order valence-corrected chi connectivity index (χ0v) is 17.1. The van der Waals surface area contributed by atoms with E-state index in [2.05, 4.69) is 52.5 Å². The quantitative estimate of drug-likeness (QED) is 0.569. The van der Waals surface area contributed by atoms with E-state index >= 15 is 0 Å². The van der Waals surface area contributed by atoms with Crippen LogP contribution < -0.4 is 0 Å². The molecule has 0 fully saturated rings. The Morgan fingerprint density at radius 1 is 1.00 bits per heavy atom. The molecule has 1 unspecified atom stereocenters. The molecule has 1 aliphatic rings. The van der Waals surface area contributed by atoms with E-state index in [-0.39, 0.29) is 12.4 Å². The summed E-state index contributed by atoms with van der Waals surface area (Å²) in [5.74, 6) is 0.394. The van der Waals surface area contributed by atoms with Crippen molar-refractivity contribution >= 4 is 24.0 Å². The highest BCUT2D eigenvalue weighted by Crippen LogP contribution is 2.36. The third-order valence-corrected chi connectivity index (χ3v) is 5.38. The first-order valence-electron chi connectivity index (χ1n) is 8.98. The van der Waals surface area contributed by atoms with Gasteiger partial charge in [-0.2, -0.15) is 10.2 Å². The van der Waals surface area contributed by atoms with Crippen LogP contribution in [0.25, 0.3) is 11.3 Å². The van der Waals surface area contributed by atoms with E-state index in [0.717, 1.165) is 41.5 Å². The van der Waals surface area contributed by atoms with Gasteiger partial charge in [0.2, 0.25) is 0 Å². The summed E-state index contributed by atoms with van der Waals surface area (Å²) in [6.45, 7) is 3.98. The lowest BCUT2D eigenvalue weighted by Crippen LogP contribution is -2.17. The summed E-state index contributed by atoms with van der Waals surface area (Å²) < 4.78 is 0. The minimum absolute atomic E-state index is 0. The van der Waals surface area contributed by atoms with E-state index in [9.17, 15) is 0 Å². The summed E-state index contributed by atoms with van der Waals surface area (Å²) in [4.78, 5) is 2.39. The SMILES string of the molecule is Cc1ccc(-c2ccc3c(c2)CN(C)CCC3c2ccc(Cl)cc2)nn1.Cl. The summed E-state index contributed by atoms with van der Waals surface area (Å²) in [6.07, 6.45) is 1.11. The molecule has 0 aliphatic carbocycles. The van der Waals surface area contributed by atoms with Crippen molar-refractivity contribution in [2.45, 2.75) is 25.8 Å². The third-order valence-electron chi connectivity index (χ3n) is 5.12. The van der Waals surface area contributed by atoms with Gasteiger partial charge in [0, 0.05) is 23.0 Å². The van der Waals surface area contributed by atoms with Crippen molar-refractivity contribution in [3.63, 3.8) is 0 Å². The van der Waals surface area contributed by atoms with Gasteiger partial charge in [-0.25, -0.2) is 0 Å². The molecule has 3 aromatic rings. The fourth-order valence-electron chi connectivity index (χ4n) is 3.71. The molecular weight excluding hydrogens is 377 g/mol. The molecule has 0 amide bonds. The van der Waals surface area contributed by atoms with Gasteiger partial charge in [0.25, 0.3) is 0 Å². The molecule has 5 heteroatoms. The minimum atomic E-state index is 0. The zero-order valence-electron chi connectivity index (χ0n) is 15.5. The summed E-state index contributed by atoms with van der Waals surface area (Å²) >= 11 is 6.08. The first-order valence-corrected chi connectivity index (χ1v) is 9.35. The number of fused-ring (bicyclic) bond motifs is 1. The molecule has 0 N–H and O–H groups in total. The van der Waals surface area contributed by atoms with Crippen LogP contribution in [0, 0.1) is 6.92 Å². The second-order valence-electron chi connectivity index (χ2n) is 7.10. The average Bonchev–Trinajstić information content (AvgIpc) is 2.81. The van der Waals surface area contributed by atoms with Crippen molar-refractivity contribution in [3.8, 4) is 11.3 Å². The maximum atomic E-state index is 6.08. The smallest absolute Gasteiger partial charge is 0.0929 e. The molecule has 1 aliphatic heterocycles. The Morgan fingerprint density at radius 3 is 2.48 bits per heavy atom. The zero-order chi connectivity index (χ0) is 18.1. The topological polar surface area (TPSA) is 29.0 Å². The summed E-state index contributed by atoms with van der Waals surface area (Å²) in [5, 5.41) is 9.33. The van der Waals surface area contributed by atoms with Gasteiger partial charge in [-0.15, -0.1) is 12.4 Å². The van der Waals surface area contributed by atoms with Gasteiger partial charge >= 0.3 is 0 Å². The number of halogens is 2. The molecule has 140 valence electrons. The number of aryl methyl sites for hydroxylation is 1. The molecular formula is C22H23Cl2N3. The highest BCUT2D eigenvalue weighted by molar-refractivity contribution is 6.30. The number of nitrogens with zero attached hydrogens (tertiary/aromatic N) is 3. The largest absolute Gasteiger partial charge is 0.302 e. The highest BCUT2D eigenvalue weighted by atomic mass is 35.5. The van der Waals surface area contributed by atoms with E-state index in [1.807, 2.05) is 31.2 Å². The van der Waals surface area contributed by atoms with E-state index in [0.29, 0.717) is 5.92 Å². The van der Waals surface area contributed by atoms with Crippen molar-refractivity contribution in [2.24, 2.45) is 0 Å². The molecule has 1 aromatic heterocycles. The normalized spacial score (nSPS) is 16.9. The lowest BCUT2D eigenvalue weighted by Gasteiger charge is -2.18. The third kappa shape index (κ3) is 4.32. The average molecular weight is 400 g/mol. The Balaban J connectivity index is 0.00000210. The van der Waals surface area contributed by atoms with Crippen LogP contribution in [-0.2, 0) is 6.54 Å². The fourth-order valence-corrected chi connectivity index (χ4v) is 3.84. The van der Waals surface area contributed by atoms with Crippen molar-refractivity contribution in [3.05, 3.63) is 82.0 Å². The van der Waals surface area contributed by atoms with Crippen LogP contribution in [0.2, 0.25) is 5.02 Å². The van der Waals surface area contributed by atoms with Crippen molar-refractivity contribution in [1.29, 1.82) is 0 Å². The van der Waals surface area contributed by atoms with Crippen LogP contribution in [-0.4, -0.2) is 28.7 Å². The Bertz CT molecular complexity index is 908. The van der Waals surface area contributed by atoms with Crippen LogP contribution in [0.4, 0.5) is 0 Å². The Kier molecular flexibility index (Phi) is 6.15. The maximum Gasteiger partial charge on any atom is 0.0929 e. The Labute approximate surface area is 171 Å². The Morgan fingerprint density at radius 2 is 1.78 bits per heavy atom. The number of aromatic nitrogens is 2. The van der Waals surface area contributed by atoms with Gasteiger partial charge in [0.15, 0.2) is 0 Å². The van der Waals surface area contributed by atoms with Crippen LogP contribution >= 0.6 is 24.0 Å². The van der Waals surface area contributed by atoms with Crippen LogP contribution in [0.3, 0.4) is 0 Å². The molecule has 2 heterocycles. The van der Waals surface area contributed by atoms with E-state index in [1.165, 1.54) is 16.7 Å². The number of hydrogen-bond acceptors (Lipinski definition) is 3. The molecule has 3 nitrogen and oxygen atoms in total. The molecule has 0 bridgehead atoms. The van der Waals surface area contributed by atoms with Crippen LogP contribution in [0.1, 0.15) is 34.7 Å². The summed E-state index contributed by atoms with van der Waals surface area (Å²) in [6, 6.07) is 19.1. The van der Waals surface area contributed by atoms with Crippen molar-refractivity contribution in [2.75, 3.05) is 13.6 Å².